The minimum atomic E-state index is -3.05. The van der Waals surface area contributed by atoms with E-state index in [1.165, 1.54) is 42.6 Å². The molecule has 0 aliphatic carbocycles. The lowest BCUT2D eigenvalue weighted by molar-refractivity contribution is 0.146. The summed E-state index contributed by atoms with van der Waals surface area (Å²) < 4.78 is 88.8. The van der Waals surface area contributed by atoms with Crippen LogP contribution in [0.3, 0.4) is 0 Å². The highest BCUT2D eigenvalue weighted by atomic mass is 19.3. The van der Waals surface area contributed by atoms with E-state index in [0.717, 1.165) is 21.6 Å². The zero-order valence-corrected chi connectivity index (χ0v) is 16.6. The van der Waals surface area contributed by atoms with Crippen molar-refractivity contribution in [3.8, 4) is 16.8 Å². The highest BCUT2D eigenvalue weighted by molar-refractivity contribution is 5.91. The van der Waals surface area contributed by atoms with Gasteiger partial charge in [-0.15, -0.1) is 0 Å². The summed E-state index contributed by atoms with van der Waals surface area (Å²) in [5.74, 6) is -0.213. The number of aryl methyl sites for hydroxylation is 1. The van der Waals surface area contributed by atoms with Crippen molar-refractivity contribution in [2.45, 2.75) is 13.3 Å². The van der Waals surface area contributed by atoms with Crippen molar-refractivity contribution in [1.82, 2.24) is 29.5 Å². The molecule has 0 bridgehead atoms. The lowest BCUT2D eigenvalue weighted by Crippen LogP contribution is -2.24. The topological polar surface area (TPSA) is 90.5 Å². The number of alkyl halides is 2. The van der Waals surface area contributed by atoms with Gasteiger partial charge in [-0.25, -0.2) is 13.8 Å². The zero-order valence-electron chi connectivity index (χ0n) is 24.6. The van der Waals surface area contributed by atoms with E-state index in [0.29, 0.717) is 10.9 Å². The molecule has 0 spiro atoms. The van der Waals surface area contributed by atoms with Crippen molar-refractivity contribution >= 4 is 27.8 Å². The molecule has 1 N–H and O–H groups in total. The molecule has 0 radical (unpaired) electrons. The van der Waals surface area contributed by atoms with Crippen LogP contribution in [0.4, 0.5) is 14.6 Å². The summed E-state index contributed by atoms with van der Waals surface area (Å²) in [4.78, 5) is 21.8. The number of benzene rings is 1. The number of rotatable bonds is 5. The Morgan fingerprint density at radius 3 is 2.79 bits per heavy atom. The molecular weight excluding hydrogens is 428 g/mol. The van der Waals surface area contributed by atoms with Crippen LogP contribution in [0.1, 0.15) is 29.9 Å². The molecule has 8 nitrogen and oxygen atoms in total. The number of aromatic nitrogens is 6. The lowest BCUT2D eigenvalue weighted by Gasteiger charge is -2.12. The van der Waals surface area contributed by atoms with Gasteiger partial charge < -0.3 is 5.32 Å². The summed E-state index contributed by atoms with van der Waals surface area (Å²) in [6.45, 7) is -8.44. The maximum absolute atomic E-state index is 13.8. The predicted octanol–water partition coefficient (Wildman–Crippen LogP) is 4.10. The molecule has 5 rings (SSSR count). The van der Waals surface area contributed by atoms with Gasteiger partial charge >= 0.3 is 0 Å². The first-order valence-corrected chi connectivity index (χ1v) is 9.52. The first-order valence-electron chi connectivity index (χ1n) is 13.5. The van der Waals surface area contributed by atoms with Crippen molar-refractivity contribution < 1.29 is 19.7 Å². The molecule has 4 heterocycles. The fourth-order valence-corrected chi connectivity index (χ4v) is 3.47. The smallest absolute Gasteiger partial charge is 0.281 e. The Balaban J connectivity index is 1.72. The Hall–Kier alpha value is -4.21. The van der Waals surface area contributed by atoms with Crippen LogP contribution >= 0.6 is 0 Å². The third-order valence-corrected chi connectivity index (χ3v) is 4.95. The lowest BCUT2D eigenvalue weighted by atomic mass is 10.1. The normalized spacial score (nSPS) is 16.3. The zero-order chi connectivity index (χ0) is 29.9. The number of hydrogen-bond acceptors (Lipinski definition) is 6. The average Bonchev–Trinajstić information content (AvgIpc) is 3.32. The fourth-order valence-electron chi connectivity index (χ4n) is 3.47. The van der Waals surface area contributed by atoms with E-state index in [9.17, 15) is 13.6 Å². The fraction of sp³-hybridized carbons (Fsp3) is 0.174. The second kappa shape index (κ2) is 8.05. The summed E-state index contributed by atoms with van der Waals surface area (Å²) in [6.07, 6.45) is -0.493. The van der Waals surface area contributed by atoms with Crippen LogP contribution in [-0.2, 0) is 6.98 Å². The van der Waals surface area contributed by atoms with Crippen molar-refractivity contribution in [2.75, 3.05) is 11.8 Å². The molecule has 0 amide bonds. The molecule has 0 saturated carbocycles. The molecule has 10 heteroatoms. The minimum Gasteiger partial charge on any atom is -0.370 e. The van der Waals surface area contributed by atoms with E-state index in [4.69, 9.17) is 11.0 Å². The van der Waals surface area contributed by atoms with Gasteiger partial charge in [-0.3, -0.25) is 14.5 Å². The quantitative estimate of drug-likeness (QED) is 0.429. The van der Waals surface area contributed by atoms with E-state index in [2.05, 4.69) is 25.5 Å². The van der Waals surface area contributed by atoms with Crippen molar-refractivity contribution in [1.29, 1.82) is 0 Å². The van der Waals surface area contributed by atoms with Gasteiger partial charge in [-0.1, -0.05) is 6.07 Å². The number of pyridine rings is 2. The molecule has 4 aromatic heterocycles. The largest absolute Gasteiger partial charge is 0.370 e. The molecule has 5 aromatic rings. The predicted molar refractivity (Wildman–Crippen MR) is 122 cm³/mol. The summed E-state index contributed by atoms with van der Waals surface area (Å²) in [6, 6.07) is 9.45. The summed E-state index contributed by atoms with van der Waals surface area (Å²) in [5.41, 5.74) is -0.669. The van der Waals surface area contributed by atoms with Crippen LogP contribution in [0, 0.1) is 0 Å². The van der Waals surface area contributed by atoms with Crippen LogP contribution in [-0.4, -0.2) is 36.0 Å². The van der Waals surface area contributed by atoms with Crippen LogP contribution in [0.2, 0.25) is 0 Å². The Morgan fingerprint density at radius 2 is 2.03 bits per heavy atom. The monoisotopic (exact) mass is 455 g/mol. The van der Waals surface area contributed by atoms with Crippen molar-refractivity contribution in [3.63, 3.8) is 0 Å². The van der Waals surface area contributed by atoms with Gasteiger partial charge in [0, 0.05) is 47.8 Å². The molecule has 0 fully saturated rings. The van der Waals surface area contributed by atoms with Crippen LogP contribution in [0.25, 0.3) is 38.8 Å². The standard InChI is InChI=1S/C23H19F2N7O/c1-3-26-19-9-8-17-21(28-19)20(13-4-6-18(22(24)25)27-11-13)23(33)32(30-17)15-5-7-16-14(10-15)12-31(2)29-16/h4-12,22H,3H2,1-2H3,(H,26,28)/i1D3,2D3,3D2. The third kappa shape index (κ3) is 3.69. The number of halogens is 2. The molecule has 0 saturated heterocycles. The van der Waals surface area contributed by atoms with Crippen LogP contribution in [0.15, 0.2) is 59.7 Å². The molecular formula is C23H19F2N7O. The highest BCUT2D eigenvalue weighted by Crippen LogP contribution is 2.27. The van der Waals surface area contributed by atoms with Crippen molar-refractivity contribution in [2.24, 2.45) is 6.98 Å². The number of nitrogens with one attached hydrogen (secondary N) is 1. The van der Waals surface area contributed by atoms with Crippen molar-refractivity contribution in [3.05, 3.63) is 70.9 Å². The average molecular weight is 455 g/mol. The Bertz CT molecular complexity index is 1830. The van der Waals surface area contributed by atoms with Gasteiger partial charge in [0.15, 0.2) is 0 Å². The van der Waals surface area contributed by atoms with Gasteiger partial charge in [0.05, 0.1) is 16.8 Å². The molecule has 0 aliphatic rings. The molecule has 0 unspecified atom stereocenters. The maximum atomic E-state index is 13.8. The van der Waals surface area contributed by atoms with Gasteiger partial charge in [0.25, 0.3) is 12.0 Å². The first-order chi connectivity index (χ1) is 19.0. The molecule has 0 aliphatic heterocycles. The summed E-state index contributed by atoms with van der Waals surface area (Å²) >= 11 is 0. The first kappa shape index (κ1) is 13.4. The second-order valence-electron chi connectivity index (χ2n) is 7.00. The number of nitrogens with zero attached hydrogens (tertiary/aromatic N) is 6. The molecule has 33 heavy (non-hydrogen) atoms. The number of anilines is 1. The van der Waals surface area contributed by atoms with E-state index in [1.807, 2.05) is 0 Å². The molecule has 1 aromatic carbocycles. The third-order valence-electron chi connectivity index (χ3n) is 4.95. The maximum Gasteiger partial charge on any atom is 0.281 e. The highest BCUT2D eigenvalue weighted by Gasteiger charge is 2.18. The second-order valence-corrected chi connectivity index (χ2v) is 7.00. The summed E-state index contributed by atoms with van der Waals surface area (Å²) in [7, 11) is 0. The van der Waals surface area contributed by atoms with Gasteiger partial charge in [0.1, 0.15) is 22.5 Å². The van der Waals surface area contributed by atoms with E-state index in [1.54, 1.807) is 0 Å². The Kier molecular flexibility index (Phi) is 3.26. The van der Waals surface area contributed by atoms with Crippen LogP contribution < -0.4 is 10.9 Å². The number of fused-ring (bicyclic) bond motifs is 2. The van der Waals surface area contributed by atoms with Gasteiger partial charge in [0.2, 0.25) is 0 Å². The Morgan fingerprint density at radius 1 is 1.15 bits per heavy atom. The van der Waals surface area contributed by atoms with E-state index in [-0.39, 0.29) is 33.7 Å². The van der Waals surface area contributed by atoms with Gasteiger partial charge in [-0.05, 0) is 43.3 Å². The van der Waals surface area contributed by atoms with E-state index >= 15 is 0 Å². The van der Waals surface area contributed by atoms with Gasteiger partial charge in [-0.2, -0.15) is 14.9 Å². The number of hydrogen-bond donors (Lipinski definition) is 1. The van der Waals surface area contributed by atoms with E-state index < -0.39 is 38.0 Å². The van der Waals surface area contributed by atoms with Crippen LogP contribution in [0.5, 0.6) is 0 Å². The SMILES string of the molecule is [2H]C([2H])([2H])n1cc2cc(-n3nc4ccc(NC([2H])([2H])C([2H])([2H])[2H])nc4c(-c4ccc(C(F)F)nc4)c3=O)ccc2n1. The summed E-state index contributed by atoms with van der Waals surface area (Å²) in [5, 5.41) is 11.0. The Labute approximate surface area is 197 Å². The molecule has 0 atom stereocenters. The minimum absolute atomic E-state index is 0.0690. The molecule has 166 valence electrons.